The Labute approximate surface area is 130 Å². The zero-order chi connectivity index (χ0) is 15.6. The molecular weight excluding hydrogens is 288 g/mol. The zero-order valence-electron chi connectivity index (χ0n) is 12.9. The minimum atomic E-state index is -0.518. The molecule has 2 rings (SSSR count). The van der Waals surface area contributed by atoms with Gasteiger partial charge in [0.1, 0.15) is 5.60 Å². The van der Waals surface area contributed by atoms with Crippen molar-refractivity contribution in [3.8, 4) is 0 Å². The van der Waals surface area contributed by atoms with E-state index in [1.165, 1.54) is 0 Å². The number of halogens is 1. The van der Waals surface area contributed by atoms with E-state index in [4.69, 9.17) is 16.3 Å². The van der Waals surface area contributed by atoms with Crippen LogP contribution in [0.2, 0.25) is 5.02 Å². The molecule has 1 atom stereocenters. The van der Waals surface area contributed by atoms with Gasteiger partial charge in [-0.25, -0.2) is 4.79 Å². The molecule has 2 heterocycles. The Kier molecular flexibility index (Phi) is 4.57. The molecule has 1 amide bonds. The first-order chi connectivity index (χ1) is 9.76. The van der Waals surface area contributed by atoms with Crippen molar-refractivity contribution >= 4 is 23.4 Å². The quantitative estimate of drug-likeness (QED) is 0.774. The van der Waals surface area contributed by atoms with E-state index >= 15 is 0 Å². The van der Waals surface area contributed by atoms with Gasteiger partial charge in [-0.3, -0.25) is 9.88 Å². The molecule has 21 heavy (non-hydrogen) atoms. The average Bonchev–Trinajstić information content (AvgIpc) is 2.36. The summed E-state index contributed by atoms with van der Waals surface area (Å²) >= 11 is 6.00. The van der Waals surface area contributed by atoms with Gasteiger partial charge in [0.25, 0.3) is 0 Å². The van der Waals surface area contributed by atoms with Crippen LogP contribution in [-0.2, 0) is 4.74 Å². The Morgan fingerprint density at radius 3 is 2.76 bits per heavy atom. The third-order valence-electron chi connectivity index (χ3n) is 3.11. The number of hydrogen-bond donors (Lipinski definition) is 0. The van der Waals surface area contributed by atoms with Gasteiger partial charge in [0.2, 0.25) is 0 Å². The summed E-state index contributed by atoms with van der Waals surface area (Å²) in [5.74, 6) is 0.397. The van der Waals surface area contributed by atoms with Gasteiger partial charge in [0.15, 0.2) is 0 Å². The van der Waals surface area contributed by atoms with Crippen molar-refractivity contribution in [2.75, 3.05) is 6.54 Å². The summed E-state index contributed by atoms with van der Waals surface area (Å²) in [6.45, 7) is 8.34. The topological polar surface area (TPSA) is 42.4 Å². The van der Waals surface area contributed by atoms with Gasteiger partial charge in [-0.05, 0) is 39.2 Å². The summed E-state index contributed by atoms with van der Waals surface area (Å²) in [5.41, 5.74) is 1.13. The molecule has 1 aliphatic rings. The van der Waals surface area contributed by atoms with Gasteiger partial charge in [-0.15, -0.1) is 0 Å². The molecule has 0 N–H and O–H groups in total. The van der Waals surface area contributed by atoms with Crippen molar-refractivity contribution < 1.29 is 9.53 Å². The van der Waals surface area contributed by atoms with Crippen LogP contribution < -0.4 is 0 Å². The number of carbonyl (C=O) groups excluding carboxylic acids is 1. The van der Waals surface area contributed by atoms with Crippen molar-refractivity contribution in [2.24, 2.45) is 5.92 Å². The van der Waals surface area contributed by atoms with Gasteiger partial charge in [0, 0.05) is 24.5 Å². The number of amides is 1. The van der Waals surface area contributed by atoms with Crippen LogP contribution in [-0.4, -0.2) is 28.1 Å². The second-order valence-corrected chi connectivity index (χ2v) is 6.85. The fourth-order valence-corrected chi connectivity index (χ4v) is 2.40. The molecule has 0 spiro atoms. The smallest absolute Gasteiger partial charge is 0.414 e. The van der Waals surface area contributed by atoms with Crippen molar-refractivity contribution in [1.29, 1.82) is 0 Å². The van der Waals surface area contributed by atoms with E-state index in [1.54, 1.807) is 17.3 Å². The highest BCUT2D eigenvalue weighted by molar-refractivity contribution is 6.30. The standard InChI is InChI=1S/C16H21ClN2O2/c1-11-5-6-14(12-7-13(17)9-18-8-12)19(10-11)15(20)21-16(2,3)4/h6-9,11H,5,10H2,1-4H3. The third kappa shape index (κ3) is 4.21. The van der Waals surface area contributed by atoms with Crippen LogP contribution in [0.25, 0.3) is 5.70 Å². The maximum Gasteiger partial charge on any atom is 0.414 e. The Bertz CT molecular complexity index is 564. The van der Waals surface area contributed by atoms with Gasteiger partial charge in [-0.1, -0.05) is 24.6 Å². The maximum atomic E-state index is 12.4. The highest BCUT2D eigenvalue weighted by atomic mass is 35.5. The van der Waals surface area contributed by atoms with E-state index in [0.717, 1.165) is 17.7 Å². The summed E-state index contributed by atoms with van der Waals surface area (Å²) in [6, 6.07) is 1.81. The molecule has 0 radical (unpaired) electrons. The molecule has 1 aliphatic heterocycles. The summed E-state index contributed by atoms with van der Waals surface area (Å²) in [4.78, 5) is 18.2. The molecule has 4 nitrogen and oxygen atoms in total. The van der Waals surface area contributed by atoms with Crippen LogP contribution in [0.4, 0.5) is 4.79 Å². The zero-order valence-corrected chi connectivity index (χ0v) is 13.6. The van der Waals surface area contributed by atoms with Gasteiger partial charge in [0.05, 0.1) is 10.7 Å². The Hall–Kier alpha value is -1.55. The first kappa shape index (κ1) is 15.8. The van der Waals surface area contributed by atoms with Gasteiger partial charge in [-0.2, -0.15) is 0 Å². The van der Waals surface area contributed by atoms with Crippen LogP contribution in [0.15, 0.2) is 24.5 Å². The van der Waals surface area contributed by atoms with Crippen LogP contribution in [0, 0.1) is 5.92 Å². The lowest BCUT2D eigenvalue weighted by molar-refractivity contribution is 0.0327. The van der Waals surface area contributed by atoms with E-state index in [2.05, 4.69) is 11.9 Å². The molecule has 0 saturated heterocycles. The summed E-state index contributed by atoms with van der Waals surface area (Å²) < 4.78 is 5.50. The van der Waals surface area contributed by atoms with Crippen LogP contribution in [0.1, 0.15) is 39.7 Å². The Morgan fingerprint density at radius 1 is 1.43 bits per heavy atom. The van der Waals surface area contributed by atoms with Crippen LogP contribution in [0.3, 0.4) is 0 Å². The monoisotopic (exact) mass is 308 g/mol. The SMILES string of the molecule is CC1CC=C(c2cncc(Cl)c2)N(C(=O)OC(C)(C)C)C1. The minimum Gasteiger partial charge on any atom is -0.443 e. The Morgan fingerprint density at radius 2 is 2.14 bits per heavy atom. The molecule has 0 bridgehead atoms. The minimum absolute atomic E-state index is 0.333. The highest BCUT2D eigenvalue weighted by Crippen LogP contribution is 2.29. The number of ether oxygens (including phenoxy) is 1. The Balaban J connectivity index is 2.30. The lowest BCUT2D eigenvalue weighted by atomic mass is 9.99. The molecule has 0 saturated carbocycles. The number of nitrogens with zero attached hydrogens (tertiary/aromatic N) is 2. The molecule has 114 valence electrons. The van der Waals surface area contributed by atoms with Gasteiger partial charge < -0.3 is 4.74 Å². The number of pyridine rings is 1. The molecule has 0 aromatic carbocycles. The van der Waals surface area contributed by atoms with E-state index in [9.17, 15) is 4.79 Å². The van der Waals surface area contributed by atoms with Crippen molar-refractivity contribution in [3.63, 3.8) is 0 Å². The summed E-state index contributed by atoms with van der Waals surface area (Å²) in [6.07, 6.45) is 5.92. The van der Waals surface area contributed by atoms with Crippen LogP contribution in [0.5, 0.6) is 0 Å². The number of carbonyl (C=O) groups is 1. The second-order valence-electron chi connectivity index (χ2n) is 6.41. The van der Waals surface area contributed by atoms with E-state index in [1.807, 2.05) is 32.9 Å². The molecule has 1 aromatic heterocycles. The summed E-state index contributed by atoms with van der Waals surface area (Å²) in [5, 5.41) is 0.552. The third-order valence-corrected chi connectivity index (χ3v) is 3.32. The van der Waals surface area contributed by atoms with Gasteiger partial charge >= 0.3 is 6.09 Å². The molecule has 5 heteroatoms. The van der Waals surface area contributed by atoms with E-state index in [0.29, 0.717) is 17.5 Å². The first-order valence-corrected chi connectivity index (χ1v) is 7.45. The number of allylic oxidation sites excluding steroid dienone is 1. The molecule has 0 fully saturated rings. The maximum absolute atomic E-state index is 12.4. The average molecular weight is 309 g/mol. The number of aromatic nitrogens is 1. The van der Waals surface area contributed by atoms with Crippen molar-refractivity contribution in [2.45, 2.75) is 39.7 Å². The lowest BCUT2D eigenvalue weighted by Gasteiger charge is -2.33. The predicted octanol–water partition coefficient (Wildman–Crippen LogP) is 4.35. The van der Waals surface area contributed by atoms with E-state index in [-0.39, 0.29) is 6.09 Å². The van der Waals surface area contributed by atoms with Crippen LogP contribution >= 0.6 is 11.6 Å². The molecule has 0 aliphatic carbocycles. The molecule has 1 aromatic rings. The number of hydrogen-bond acceptors (Lipinski definition) is 3. The summed E-state index contributed by atoms with van der Waals surface area (Å²) in [7, 11) is 0. The van der Waals surface area contributed by atoms with Crippen molar-refractivity contribution in [1.82, 2.24) is 9.88 Å². The second kappa shape index (κ2) is 6.06. The predicted molar refractivity (Wildman–Crippen MR) is 83.9 cm³/mol. The largest absolute Gasteiger partial charge is 0.443 e. The van der Waals surface area contributed by atoms with E-state index < -0.39 is 5.60 Å². The van der Waals surface area contributed by atoms with Crippen molar-refractivity contribution in [3.05, 3.63) is 35.1 Å². The number of rotatable bonds is 1. The molecule has 1 unspecified atom stereocenters. The first-order valence-electron chi connectivity index (χ1n) is 7.08. The fourth-order valence-electron chi connectivity index (χ4n) is 2.22. The lowest BCUT2D eigenvalue weighted by Crippen LogP contribution is -2.39. The highest BCUT2D eigenvalue weighted by Gasteiger charge is 2.29. The molecular formula is C16H21ClN2O2. The fraction of sp³-hybridized carbons (Fsp3) is 0.500. The normalized spacial score (nSPS) is 19.2.